The van der Waals surface area contributed by atoms with E-state index in [1.54, 1.807) is 0 Å². The molecule has 0 aromatic carbocycles. The van der Waals surface area contributed by atoms with E-state index in [9.17, 15) is 14.0 Å². The maximum atomic E-state index is 12.5. The molecule has 6 nitrogen and oxygen atoms in total. The Hall–Kier alpha value is -1.53. The van der Waals surface area contributed by atoms with E-state index in [4.69, 9.17) is 0 Å². The van der Waals surface area contributed by atoms with Gasteiger partial charge in [0.2, 0.25) is 0 Å². The number of carbonyl (C=O) groups excluding carboxylic acids is 2. The first-order valence-electron chi connectivity index (χ1n) is 3.01. The molecule has 12 heavy (non-hydrogen) atoms. The van der Waals surface area contributed by atoms with Gasteiger partial charge in [-0.15, -0.1) is 0 Å². The van der Waals surface area contributed by atoms with Crippen LogP contribution in [-0.4, -0.2) is 31.6 Å². The second kappa shape index (κ2) is 5.16. The van der Waals surface area contributed by atoms with Crippen molar-refractivity contribution in [1.29, 1.82) is 0 Å². The second-order valence-corrected chi connectivity index (χ2v) is 1.86. The summed E-state index contributed by atoms with van der Waals surface area (Å²) in [6.07, 6.45) is -3.78. The zero-order valence-corrected chi connectivity index (χ0v) is 6.16. The fourth-order valence-corrected chi connectivity index (χ4v) is 0.393. The van der Waals surface area contributed by atoms with Crippen molar-refractivity contribution in [2.24, 2.45) is 11.5 Å². The lowest BCUT2D eigenvalue weighted by atomic mass is 10.4. The van der Waals surface area contributed by atoms with Crippen molar-refractivity contribution < 1.29 is 23.5 Å². The van der Waals surface area contributed by atoms with Crippen molar-refractivity contribution in [3.63, 3.8) is 0 Å². The van der Waals surface area contributed by atoms with Crippen LogP contribution in [0.4, 0.5) is 14.0 Å². The highest BCUT2D eigenvalue weighted by molar-refractivity contribution is 5.65. The van der Waals surface area contributed by atoms with Gasteiger partial charge in [-0.1, -0.05) is 0 Å². The average molecular weight is 180 g/mol. The third-order valence-corrected chi connectivity index (χ3v) is 0.813. The van der Waals surface area contributed by atoms with Crippen LogP contribution in [0.1, 0.15) is 0 Å². The molecule has 0 heterocycles. The molecule has 0 bridgehead atoms. The molecule has 0 aliphatic heterocycles. The van der Waals surface area contributed by atoms with Gasteiger partial charge in [0, 0.05) is 0 Å². The van der Waals surface area contributed by atoms with Crippen LogP contribution in [0.5, 0.6) is 0 Å². The molecule has 0 rings (SSSR count). The Balaban J connectivity index is 3.39. The fourth-order valence-electron chi connectivity index (χ4n) is 0.393. The van der Waals surface area contributed by atoms with Crippen LogP contribution in [0.3, 0.4) is 0 Å². The predicted molar refractivity (Wildman–Crippen MR) is 36.0 cm³/mol. The third-order valence-electron chi connectivity index (χ3n) is 0.813. The van der Waals surface area contributed by atoms with Crippen LogP contribution in [0.25, 0.3) is 0 Å². The largest absolute Gasteiger partial charge is 0.446 e. The van der Waals surface area contributed by atoms with E-state index in [1.165, 1.54) is 0 Å². The first kappa shape index (κ1) is 10.5. The Bertz CT molecular complexity index is 157. The van der Waals surface area contributed by atoms with Crippen molar-refractivity contribution >= 4 is 12.2 Å². The first-order chi connectivity index (χ1) is 5.52. The maximum Gasteiger partial charge on any atom is 0.404 e. The standard InChI is InChI=1S/C5H9FN2O4/c6-3(1-11-4(7)9)2-12-5(8)10/h3H,1-2H2,(H2,7,9)(H2,8,10). The van der Waals surface area contributed by atoms with E-state index in [1.807, 2.05) is 0 Å². The molecular weight excluding hydrogens is 171 g/mol. The van der Waals surface area contributed by atoms with Gasteiger partial charge in [-0.2, -0.15) is 0 Å². The minimum atomic E-state index is -1.61. The lowest BCUT2D eigenvalue weighted by Gasteiger charge is -2.06. The van der Waals surface area contributed by atoms with E-state index >= 15 is 0 Å². The van der Waals surface area contributed by atoms with Crippen molar-refractivity contribution in [2.75, 3.05) is 13.2 Å². The number of ether oxygens (including phenoxy) is 2. The molecule has 0 saturated carbocycles. The molecule has 0 fully saturated rings. The number of alkyl halides is 1. The highest BCUT2D eigenvalue weighted by Gasteiger charge is 2.10. The third kappa shape index (κ3) is 6.59. The number of hydrogen-bond donors (Lipinski definition) is 2. The molecule has 0 aliphatic carbocycles. The highest BCUT2D eigenvalue weighted by Crippen LogP contribution is 1.93. The molecule has 0 spiro atoms. The van der Waals surface area contributed by atoms with Crippen LogP contribution in [0.15, 0.2) is 0 Å². The highest BCUT2D eigenvalue weighted by atomic mass is 19.1. The van der Waals surface area contributed by atoms with Gasteiger partial charge in [0.25, 0.3) is 0 Å². The average Bonchev–Trinajstić information content (AvgIpc) is 1.96. The normalized spacial score (nSPS) is 9.50. The zero-order chi connectivity index (χ0) is 9.56. The van der Waals surface area contributed by atoms with Gasteiger partial charge < -0.3 is 20.9 Å². The molecular formula is C5H9FN2O4. The summed E-state index contributed by atoms with van der Waals surface area (Å²) < 4.78 is 20.6. The molecule has 4 N–H and O–H groups in total. The van der Waals surface area contributed by atoms with Crippen molar-refractivity contribution in [1.82, 2.24) is 0 Å². The summed E-state index contributed by atoms with van der Waals surface area (Å²) in [5.41, 5.74) is 9.07. The van der Waals surface area contributed by atoms with Crippen LogP contribution >= 0.6 is 0 Å². The number of carbonyl (C=O) groups is 2. The SMILES string of the molecule is NC(=O)OCC(F)COC(N)=O. The summed E-state index contributed by atoms with van der Waals surface area (Å²) in [6.45, 7) is -1.11. The van der Waals surface area contributed by atoms with Gasteiger partial charge in [-0.05, 0) is 0 Å². The lowest BCUT2D eigenvalue weighted by Crippen LogP contribution is -2.25. The van der Waals surface area contributed by atoms with Crippen molar-refractivity contribution in [3.8, 4) is 0 Å². The Labute approximate surface area is 67.6 Å². The molecule has 0 saturated heterocycles. The molecule has 0 aliphatic rings. The minimum Gasteiger partial charge on any atom is -0.446 e. The summed E-state index contributed by atoms with van der Waals surface area (Å²) in [7, 11) is 0. The molecule has 0 atom stereocenters. The number of primary amides is 2. The Kier molecular flexibility index (Phi) is 4.51. The van der Waals surface area contributed by atoms with Gasteiger partial charge in [0.15, 0.2) is 6.17 Å². The minimum absolute atomic E-state index is 0.553. The summed E-state index contributed by atoms with van der Waals surface area (Å²) in [6, 6.07) is 0. The van der Waals surface area contributed by atoms with Gasteiger partial charge in [0.1, 0.15) is 13.2 Å². The summed E-state index contributed by atoms with van der Waals surface area (Å²) in [5.74, 6) is 0. The Morgan fingerprint density at radius 1 is 1.17 bits per heavy atom. The quantitative estimate of drug-likeness (QED) is 0.609. The monoisotopic (exact) mass is 180 g/mol. The number of halogens is 1. The topological polar surface area (TPSA) is 105 Å². The van der Waals surface area contributed by atoms with E-state index in [2.05, 4.69) is 20.9 Å². The van der Waals surface area contributed by atoms with Gasteiger partial charge >= 0.3 is 12.2 Å². The number of rotatable bonds is 4. The van der Waals surface area contributed by atoms with E-state index in [0.29, 0.717) is 0 Å². The summed E-state index contributed by atoms with van der Waals surface area (Å²) in [5, 5.41) is 0. The Morgan fingerprint density at radius 3 is 1.75 bits per heavy atom. The van der Waals surface area contributed by atoms with Crippen LogP contribution < -0.4 is 11.5 Å². The molecule has 2 amide bonds. The molecule has 70 valence electrons. The van der Waals surface area contributed by atoms with Crippen LogP contribution in [0, 0.1) is 0 Å². The Morgan fingerprint density at radius 2 is 1.50 bits per heavy atom. The van der Waals surface area contributed by atoms with Crippen molar-refractivity contribution in [3.05, 3.63) is 0 Å². The summed E-state index contributed by atoms with van der Waals surface area (Å²) in [4.78, 5) is 19.9. The number of nitrogens with two attached hydrogens (primary N) is 2. The molecule has 0 radical (unpaired) electrons. The number of hydrogen-bond acceptors (Lipinski definition) is 4. The van der Waals surface area contributed by atoms with E-state index in [-0.39, 0.29) is 0 Å². The predicted octanol–water partition coefficient (Wildman–Crippen LogP) is -0.485. The molecule has 0 aromatic heterocycles. The molecule has 7 heteroatoms. The zero-order valence-electron chi connectivity index (χ0n) is 6.16. The molecule has 0 unspecified atom stereocenters. The van der Waals surface area contributed by atoms with Crippen LogP contribution in [0.2, 0.25) is 0 Å². The lowest BCUT2D eigenvalue weighted by molar-refractivity contribution is 0.0738. The number of amides is 2. The second-order valence-electron chi connectivity index (χ2n) is 1.86. The van der Waals surface area contributed by atoms with E-state index in [0.717, 1.165) is 0 Å². The van der Waals surface area contributed by atoms with Gasteiger partial charge in [0.05, 0.1) is 0 Å². The smallest absolute Gasteiger partial charge is 0.404 e. The molecule has 0 aromatic rings. The maximum absolute atomic E-state index is 12.5. The van der Waals surface area contributed by atoms with Crippen molar-refractivity contribution in [2.45, 2.75) is 6.17 Å². The van der Waals surface area contributed by atoms with Crippen LogP contribution in [-0.2, 0) is 9.47 Å². The first-order valence-corrected chi connectivity index (χ1v) is 3.01. The van der Waals surface area contributed by atoms with Gasteiger partial charge in [-0.3, -0.25) is 0 Å². The van der Waals surface area contributed by atoms with E-state index < -0.39 is 31.6 Å². The fraction of sp³-hybridized carbons (Fsp3) is 0.600. The van der Waals surface area contributed by atoms with Gasteiger partial charge in [-0.25, -0.2) is 14.0 Å². The summed E-state index contributed by atoms with van der Waals surface area (Å²) >= 11 is 0.